The second kappa shape index (κ2) is 8.41. The number of rotatable bonds is 5. The van der Waals surface area contributed by atoms with Crippen molar-refractivity contribution >= 4 is 37.5 Å². The van der Waals surface area contributed by atoms with Crippen molar-refractivity contribution in [3.05, 3.63) is 58.6 Å². The molecular weight excluding hydrogens is 430 g/mol. The molecule has 0 unspecified atom stereocenters. The zero-order chi connectivity index (χ0) is 19.4. The Morgan fingerprint density at radius 3 is 2.37 bits per heavy atom. The van der Waals surface area contributed by atoms with E-state index in [-0.39, 0.29) is 17.3 Å². The van der Waals surface area contributed by atoms with Crippen LogP contribution in [0.1, 0.15) is 5.56 Å². The molecule has 0 atom stereocenters. The summed E-state index contributed by atoms with van der Waals surface area (Å²) in [5.41, 5.74) is 1.99. The number of halogens is 1. The van der Waals surface area contributed by atoms with E-state index < -0.39 is 10.0 Å². The number of hydrogen-bond acceptors (Lipinski definition) is 4. The Morgan fingerprint density at radius 2 is 1.74 bits per heavy atom. The molecule has 0 saturated carbocycles. The lowest BCUT2D eigenvalue weighted by Crippen LogP contribution is -2.51. The number of amides is 1. The van der Waals surface area contributed by atoms with Gasteiger partial charge in [0.05, 0.1) is 11.4 Å². The van der Waals surface area contributed by atoms with E-state index in [1.54, 1.807) is 35.2 Å². The monoisotopic (exact) mass is 451 g/mol. The van der Waals surface area contributed by atoms with Gasteiger partial charge < -0.3 is 10.2 Å². The normalized spacial score (nSPS) is 15.6. The number of carbonyl (C=O) groups is 1. The van der Waals surface area contributed by atoms with Gasteiger partial charge in [-0.05, 0) is 52.7 Å². The smallest absolute Gasteiger partial charge is 0.243 e. The number of piperazine rings is 1. The first-order valence-corrected chi connectivity index (χ1v) is 10.9. The van der Waals surface area contributed by atoms with Crippen LogP contribution >= 0.6 is 15.9 Å². The summed E-state index contributed by atoms with van der Waals surface area (Å²) in [6.45, 7) is 3.56. The van der Waals surface area contributed by atoms with Crippen LogP contribution in [0.15, 0.2) is 57.9 Å². The molecule has 1 N–H and O–H groups in total. The summed E-state index contributed by atoms with van der Waals surface area (Å²) in [4.78, 5) is 14.4. The highest BCUT2D eigenvalue weighted by atomic mass is 79.9. The number of carbonyl (C=O) groups excluding carboxylic acids is 1. The van der Waals surface area contributed by atoms with Crippen molar-refractivity contribution in [2.75, 3.05) is 38.0 Å². The number of aryl methyl sites for hydroxylation is 1. The highest BCUT2D eigenvalue weighted by molar-refractivity contribution is 9.10. The van der Waals surface area contributed by atoms with E-state index in [0.717, 1.165) is 15.7 Å². The van der Waals surface area contributed by atoms with Gasteiger partial charge in [0.2, 0.25) is 15.9 Å². The van der Waals surface area contributed by atoms with Crippen LogP contribution < -0.4 is 5.32 Å². The predicted octanol–water partition coefficient (Wildman–Crippen LogP) is 2.70. The first kappa shape index (κ1) is 19.9. The SMILES string of the molecule is Cc1ccc(NCC(=O)N2CCN(S(=O)(=O)c3ccccc3)CC2)c(Br)c1. The van der Waals surface area contributed by atoms with Crippen molar-refractivity contribution in [2.24, 2.45) is 0 Å². The molecule has 0 aromatic heterocycles. The molecular formula is C19H22BrN3O3S. The van der Waals surface area contributed by atoms with Crippen molar-refractivity contribution in [2.45, 2.75) is 11.8 Å². The minimum Gasteiger partial charge on any atom is -0.375 e. The van der Waals surface area contributed by atoms with Gasteiger partial charge in [-0.3, -0.25) is 4.79 Å². The minimum atomic E-state index is -3.50. The van der Waals surface area contributed by atoms with E-state index in [4.69, 9.17) is 0 Å². The largest absolute Gasteiger partial charge is 0.375 e. The van der Waals surface area contributed by atoms with Gasteiger partial charge in [0.25, 0.3) is 0 Å². The number of hydrogen-bond donors (Lipinski definition) is 1. The number of benzene rings is 2. The second-order valence-electron chi connectivity index (χ2n) is 6.43. The van der Waals surface area contributed by atoms with Crippen LogP contribution in [-0.4, -0.2) is 56.3 Å². The van der Waals surface area contributed by atoms with E-state index in [0.29, 0.717) is 26.2 Å². The molecule has 3 rings (SSSR count). The van der Waals surface area contributed by atoms with E-state index in [9.17, 15) is 13.2 Å². The van der Waals surface area contributed by atoms with Crippen LogP contribution in [0.2, 0.25) is 0 Å². The van der Waals surface area contributed by atoms with Crippen molar-refractivity contribution in [1.82, 2.24) is 9.21 Å². The maximum absolute atomic E-state index is 12.6. The third-order valence-corrected chi connectivity index (χ3v) is 7.10. The summed E-state index contributed by atoms with van der Waals surface area (Å²) in [5, 5.41) is 3.13. The zero-order valence-corrected chi connectivity index (χ0v) is 17.5. The maximum Gasteiger partial charge on any atom is 0.243 e. The lowest BCUT2D eigenvalue weighted by molar-refractivity contribution is -0.130. The van der Waals surface area contributed by atoms with E-state index in [1.165, 1.54) is 4.31 Å². The molecule has 1 saturated heterocycles. The summed E-state index contributed by atoms with van der Waals surface area (Å²) >= 11 is 3.48. The van der Waals surface area contributed by atoms with Crippen LogP contribution in [0.5, 0.6) is 0 Å². The summed E-state index contributed by atoms with van der Waals surface area (Å²) in [6.07, 6.45) is 0. The second-order valence-corrected chi connectivity index (χ2v) is 9.23. The average molecular weight is 452 g/mol. The van der Waals surface area contributed by atoms with Crippen LogP contribution in [0.3, 0.4) is 0 Å². The molecule has 144 valence electrons. The number of nitrogens with zero attached hydrogens (tertiary/aromatic N) is 2. The Bertz CT molecular complexity index is 911. The molecule has 0 radical (unpaired) electrons. The maximum atomic E-state index is 12.6. The molecule has 27 heavy (non-hydrogen) atoms. The summed E-state index contributed by atoms with van der Waals surface area (Å²) in [6, 6.07) is 14.3. The molecule has 1 heterocycles. The molecule has 0 spiro atoms. The lowest BCUT2D eigenvalue weighted by atomic mass is 10.2. The summed E-state index contributed by atoms with van der Waals surface area (Å²) in [5.74, 6) is -0.0424. The van der Waals surface area contributed by atoms with Gasteiger partial charge in [-0.1, -0.05) is 24.3 Å². The average Bonchev–Trinajstić information content (AvgIpc) is 2.68. The topological polar surface area (TPSA) is 69.7 Å². The molecule has 0 bridgehead atoms. The predicted molar refractivity (Wildman–Crippen MR) is 109 cm³/mol. The quantitative estimate of drug-likeness (QED) is 0.758. The van der Waals surface area contributed by atoms with Crippen molar-refractivity contribution in [3.8, 4) is 0 Å². The molecule has 0 aliphatic carbocycles. The fourth-order valence-corrected chi connectivity index (χ4v) is 5.04. The van der Waals surface area contributed by atoms with Crippen LogP contribution in [0.25, 0.3) is 0 Å². The van der Waals surface area contributed by atoms with Crippen molar-refractivity contribution in [1.29, 1.82) is 0 Å². The van der Waals surface area contributed by atoms with E-state index in [1.807, 2.05) is 25.1 Å². The van der Waals surface area contributed by atoms with Gasteiger partial charge >= 0.3 is 0 Å². The number of sulfonamides is 1. The van der Waals surface area contributed by atoms with Gasteiger partial charge in [0, 0.05) is 36.3 Å². The number of nitrogens with one attached hydrogen (secondary N) is 1. The Hall–Kier alpha value is -1.90. The van der Waals surface area contributed by atoms with Crippen LogP contribution in [-0.2, 0) is 14.8 Å². The molecule has 1 aliphatic heterocycles. The molecule has 1 fully saturated rings. The Labute approximate surface area is 168 Å². The van der Waals surface area contributed by atoms with Crippen LogP contribution in [0, 0.1) is 6.92 Å². The molecule has 8 heteroatoms. The third kappa shape index (κ3) is 4.69. The molecule has 2 aromatic rings. The Balaban J connectivity index is 1.55. The summed E-state index contributed by atoms with van der Waals surface area (Å²) < 4.78 is 27.6. The fraction of sp³-hybridized carbons (Fsp3) is 0.316. The summed E-state index contributed by atoms with van der Waals surface area (Å²) in [7, 11) is -3.50. The van der Waals surface area contributed by atoms with E-state index in [2.05, 4.69) is 21.2 Å². The zero-order valence-electron chi connectivity index (χ0n) is 15.1. The highest BCUT2D eigenvalue weighted by Crippen LogP contribution is 2.23. The minimum absolute atomic E-state index is 0.0424. The lowest BCUT2D eigenvalue weighted by Gasteiger charge is -2.34. The molecule has 1 aliphatic rings. The first-order chi connectivity index (χ1) is 12.9. The van der Waals surface area contributed by atoms with E-state index >= 15 is 0 Å². The molecule has 6 nitrogen and oxygen atoms in total. The third-order valence-electron chi connectivity index (χ3n) is 4.53. The number of anilines is 1. The molecule has 1 amide bonds. The van der Waals surface area contributed by atoms with Gasteiger partial charge in [0.15, 0.2) is 0 Å². The van der Waals surface area contributed by atoms with Gasteiger partial charge in [-0.25, -0.2) is 8.42 Å². The highest BCUT2D eigenvalue weighted by Gasteiger charge is 2.29. The van der Waals surface area contributed by atoms with Gasteiger partial charge in [0.1, 0.15) is 0 Å². The van der Waals surface area contributed by atoms with Crippen molar-refractivity contribution in [3.63, 3.8) is 0 Å². The fourth-order valence-electron chi connectivity index (χ4n) is 2.97. The standard InChI is InChI=1S/C19H22BrN3O3S/c1-15-7-8-18(17(20)13-15)21-14-19(24)22-9-11-23(12-10-22)27(25,26)16-5-3-2-4-6-16/h2-8,13,21H,9-12,14H2,1H3. The molecule has 2 aromatic carbocycles. The first-order valence-electron chi connectivity index (χ1n) is 8.71. The van der Waals surface area contributed by atoms with Crippen LogP contribution in [0.4, 0.5) is 5.69 Å². The van der Waals surface area contributed by atoms with Crippen molar-refractivity contribution < 1.29 is 13.2 Å². The Kier molecular flexibility index (Phi) is 6.18. The van der Waals surface area contributed by atoms with Gasteiger partial charge in [-0.15, -0.1) is 0 Å². The van der Waals surface area contributed by atoms with Gasteiger partial charge in [-0.2, -0.15) is 4.31 Å². The Morgan fingerprint density at radius 1 is 1.07 bits per heavy atom.